The second-order valence-electron chi connectivity index (χ2n) is 4.71. The van der Waals surface area contributed by atoms with E-state index in [1.165, 1.54) is 0 Å². The highest BCUT2D eigenvalue weighted by atomic mass is 19.4. The summed E-state index contributed by atoms with van der Waals surface area (Å²) in [7, 11) is 0. The number of nitrogens with one attached hydrogen (secondary N) is 1. The summed E-state index contributed by atoms with van der Waals surface area (Å²) < 4.78 is 43.4. The molecule has 0 aliphatic carbocycles. The normalized spacial score (nSPS) is 23.0. The van der Waals surface area contributed by atoms with Crippen molar-refractivity contribution < 1.29 is 17.9 Å². The van der Waals surface area contributed by atoms with Crippen LogP contribution in [0, 0.1) is 5.92 Å². The predicted molar refractivity (Wildman–Crippen MR) is 64.6 cm³/mol. The Hall–Kier alpha value is -0.330. The van der Waals surface area contributed by atoms with Gasteiger partial charge in [-0.2, -0.15) is 13.2 Å². The molecule has 0 saturated carbocycles. The molecule has 0 bridgehead atoms. The first-order chi connectivity index (χ1) is 8.54. The molecule has 1 rings (SSSR count). The molecule has 18 heavy (non-hydrogen) atoms. The maximum absolute atomic E-state index is 12.7. The number of halogens is 3. The molecule has 1 fully saturated rings. The number of rotatable bonds is 6. The first-order valence-electron chi connectivity index (χ1n) is 6.61. The van der Waals surface area contributed by atoms with E-state index < -0.39 is 12.1 Å². The Balaban J connectivity index is 2.26. The van der Waals surface area contributed by atoms with E-state index in [1.54, 1.807) is 0 Å². The Kier molecular flexibility index (Phi) is 6.96. The highest BCUT2D eigenvalue weighted by Gasteiger charge is 2.40. The summed E-state index contributed by atoms with van der Waals surface area (Å²) in [6.07, 6.45) is -2.33. The molecule has 1 unspecified atom stereocenters. The summed E-state index contributed by atoms with van der Waals surface area (Å²) in [5.41, 5.74) is 0. The van der Waals surface area contributed by atoms with Gasteiger partial charge in [0.05, 0.1) is 5.92 Å². The van der Waals surface area contributed by atoms with E-state index in [1.807, 2.05) is 11.8 Å². The zero-order valence-electron chi connectivity index (χ0n) is 10.9. The summed E-state index contributed by atoms with van der Waals surface area (Å²) in [5.74, 6) is -1.25. The third kappa shape index (κ3) is 6.02. The molecule has 6 heteroatoms. The van der Waals surface area contributed by atoms with Gasteiger partial charge in [0.25, 0.3) is 0 Å². The molecule has 1 aliphatic rings. The van der Waals surface area contributed by atoms with Crippen LogP contribution in [0.2, 0.25) is 0 Å². The van der Waals surface area contributed by atoms with Crippen LogP contribution in [0.4, 0.5) is 13.2 Å². The van der Waals surface area contributed by atoms with Crippen molar-refractivity contribution in [1.29, 1.82) is 0 Å². The molecule has 1 aliphatic heterocycles. The van der Waals surface area contributed by atoms with Crippen LogP contribution in [-0.4, -0.2) is 57.0 Å². The van der Waals surface area contributed by atoms with E-state index in [9.17, 15) is 13.2 Å². The van der Waals surface area contributed by atoms with Gasteiger partial charge < -0.3 is 15.0 Å². The summed E-state index contributed by atoms with van der Waals surface area (Å²) in [4.78, 5) is 1.88. The van der Waals surface area contributed by atoms with Crippen LogP contribution < -0.4 is 5.32 Å². The topological polar surface area (TPSA) is 24.5 Å². The summed E-state index contributed by atoms with van der Waals surface area (Å²) in [5, 5.41) is 2.85. The number of hydrogen-bond donors (Lipinski definition) is 1. The van der Waals surface area contributed by atoms with Crippen LogP contribution in [0.1, 0.15) is 19.8 Å². The molecule has 0 spiro atoms. The van der Waals surface area contributed by atoms with Crippen molar-refractivity contribution in [3.63, 3.8) is 0 Å². The van der Waals surface area contributed by atoms with E-state index in [-0.39, 0.29) is 13.1 Å². The van der Waals surface area contributed by atoms with Gasteiger partial charge in [0, 0.05) is 45.9 Å². The lowest BCUT2D eigenvalue weighted by Gasteiger charge is -2.25. The highest BCUT2D eigenvalue weighted by Crippen LogP contribution is 2.27. The molecule has 1 saturated heterocycles. The van der Waals surface area contributed by atoms with Crippen LogP contribution in [0.25, 0.3) is 0 Å². The van der Waals surface area contributed by atoms with Crippen LogP contribution in [0.5, 0.6) is 0 Å². The summed E-state index contributed by atoms with van der Waals surface area (Å²) in [6.45, 7) is 5.52. The zero-order chi connectivity index (χ0) is 13.4. The largest absolute Gasteiger partial charge is 0.394 e. The average molecular weight is 268 g/mol. The van der Waals surface area contributed by atoms with Crippen molar-refractivity contribution in [2.75, 3.05) is 45.9 Å². The van der Waals surface area contributed by atoms with Crippen molar-refractivity contribution in [1.82, 2.24) is 10.2 Å². The fourth-order valence-electron chi connectivity index (χ4n) is 2.04. The van der Waals surface area contributed by atoms with E-state index >= 15 is 0 Å². The monoisotopic (exact) mass is 268 g/mol. The quantitative estimate of drug-likeness (QED) is 0.745. The predicted octanol–water partition coefficient (Wildman–Crippen LogP) is 1.89. The average Bonchev–Trinajstić information content (AvgIpc) is 2.54. The van der Waals surface area contributed by atoms with Crippen molar-refractivity contribution in [3.05, 3.63) is 0 Å². The van der Waals surface area contributed by atoms with Crippen LogP contribution in [0.3, 0.4) is 0 Å². The van der Waals surface area contributed by atoms with Gasteiger partial charge in [-0.05, 0) is 12.8 Å². The molecule has 3 nitrogen and oxygen atoms in total. The van der Waals surface area contributed by atoms with Crippen molar-refractivity contribution >= 4 is 0 Å². The number of nitrogens with zero attached hydrogens (tertiary/aromatic N) is 1. The molecule has 0 radical (unpaired) electrons. The molecule has 108 valence electrons. The molecule has 0 aromatic carbocycles. The third-order valence-electron chi connectivity index (χ3n) is 3.05. The summed E-state index contributed by atoms with van der Waals surface area (Å²) in [6, 6.07) is 0. The molecule has 1 N–H and O–H groups in total. The second-order valence-corrected chi connectivity index (χ2v) is 4.71. The standard InChI is InChI=1S/C12H23F3N2O/c1-2-7-18-8-3-5-17-6-4-16-9-11(10-17)12(13,14)15/h11,16H,2-10H2,1H3. The molecule has 1 atom stereocenters. The Morgan fingerprint density at radius 3 is 2.78 bits per heavy atom. The van der Waals surface area contributed by atoms with Crippen LogP contribution in [-0.2, 0) is 4.74 Å². The van der Waals surface area contributed by atoms with Gasteiger partial charge in [0.15, 0.2) is 0 Å². The summed E-state index contributed by atoms with van der Waals surface area (Å²) >= 11 is 0. The van der Waals surface area contributed by atoms with Gasteiger partial charge in [-0.15, -0.1) is 0 Å². The van der Waals surface area contributed by atoms with Gasteiger partial charge in [-0.3, -0.25) is 0 Å². The lowest BCUT2D eigenvalue weighted by atomic mass is 10.1. The van der Waals surface area contributed by atoms with E-state index in [4.69, 9.17) is 4.74 Å². The Labute approximate surface area is 107 Å². The van der Waals surface area contributed by atoms with E-state index in [0.29, 0.717) is 26.2 Å². The molecule has 0 aromatic rings. The second kappa shape index (κ2) is 7.96. The van der Waals surface area contributed by atoms with Crippen molar-refractivity contribution in [2.45, 2.75) is 25.9 Å². The minimum absolute atomic E-state index is 0.0341. The Bertz CT molecular complexity index is 224. The molecular formula is C12H23F3N2O. The number of hydrogen-bond acceptors (Lipinski definition) is 3. The number of ether oxygens (including phenoxy) is 1. The highest BCUT2D eigenvalue weighted by molar-refractivity contribution is 4.78. The van der Waals surface area contributed by atoms with E-state index in [0.717, 1.165) is 19.4 Å². The minimum atomic E-state index is -4.10. The van der Waals surface area contributed by atoms with E-state index in [2.05, 4.69) is 5.32 Å². The number of alkyl halides is 3. The first-order valence-corrected chi connectivity index (χ1v) is 6.61. The molecule has 1 heterocycles. The maximum atomic E-state index is 12.7. The van der Waals surface area contributed by atoms with Crippen molar-refractivity contribution in [2.24, 2.45) is 5.92 Å². The Morgan fingerprint density at radius 1 is 1.33 bits per heavy atom. The minimum Gasteiger partial charge on any atom is -0.381 e. The fourth-order valence-corrected chi connectivity index (χ4v) is 2.04. The van der Waals surface area contributed by atoms with Gasteiger partial charge in [-0.1, -0.05) is 6.92 Å². The SMILES string of the molecule is CCCOCCCN1CCNCC(C(F)(F)F)C1. The fraction of sp³-hybridized carbons (Fsp3) is 1.00. The van der Waals surface area contributed by atoms with Gasteiger partial charge in [-0.25, -0.2) is 0 Å². The van der Waals surface area contributed by atoms with Gasteiger partial charge in [0.2, 0.25) is 0 Å². The Morgan fingerprint density at radius 2 is 2.11 bits per heavy atom. The smallest absolute Gasteiger partial charge is 0.381 e. The molecular weight excluding hydrogens is 245 g/mol. The molecule has 0 aromatic heterocycles. The maximum Gasteiger partial charge on any atom is 0.394 e. The molecule has 0 amide bonds. The van der Waals surface area contributed by atoms with Crippen LogP contribution in [0.15, 0.2) is 0 Å². The van der Waals surface area contributed by atoms with Gasteiger partial charge in [0.1, 0.15) is 0 Å². The first kappa shape index (κ1) is 15.7. The van der Waals surface area contributed by atoms with Crippen molar-refractivity contribution in [3.8, 4) is 0 Å². The lowest BCUT2D eigenvalue weighted by Crippen LogP contribution is -2.38. The third-order valence-corrected chi connectivity index (χ3v) is 3.05. The lowest BCUT2D eigenvalue weighted by molar-refractivity contribution is -0.175. The van der Waals surface area contributed by atoms with Crippen LogP contribution >= 0.6 is 0 Å². The van der Waals surface area contributed by atoms with Gasteiger partial charge >= 0.3 is 6.18 Å². The zero-order valence-corrected chi connectivity index (χ0v) is 10.9.